The monoisotopic (exact) mass is 920 g/mol. The maximum atomic E-state index is 13.0. The van der Waals surface area contributed by atoms with Crippen molar-refractivity contribution in [2.45, 2.75) is 301 Å². The topological polar surface area (TPSA) is 149 Å². The lowest BCUT2D eigenvalue weighted by Crippen LogP contribution is -2.60. The molecule has 9 nitrogen and oxygen atoms in total. The van der Waals surface area contributed by atoms with Crippen LogP contribution in [0.1, 0.15) is 258 Å². The molecule has 7 atom stereocenters. The largest absolute Gasteiger partial charge is 0.394 e. The van der Waals surface area contributed by atoms with Crippen LogP contribution in [0.3, 0.4) is 0 Å². The highest BCUT2D eigenvalue weighted by Crippen LogP contribution is 2.23. The SMILES string of the molecule is CCCCCCCCCC/C=C\CCCCCCCCCCCCCC(=O)NC(COC1OC(CO)C(O)C(O)C1O)C(O)/C=C/CC/C=C/CCCCCCCCCCCCCCC. The molecule has 1 aliphatic heterocycles. The van der Waals surface area contributed by atoms with Crippen LogP contribution in [-0.2, 0) is 14.3 Å². The Kier molecular flexibility index (Phi) is 43.6. The van der Waals surface area contributed by atoms with Gasteiger partial charge in [0.25, 0.3) is 0 Å². The fourth-order valence-electron chi connectivity index (χ4n) is 8.76. The number of hydrogen-bond donors (Lipinski definition) is 6. The van der Waals surface area contributed by atoms with E-state index in [0.717, 1.165) is 38.5 Å². The Balaban J connectivity index is 2.27. The average Bonchev–Trinajstić information content (AvgIpc) is 3.31. The molecule has 0 saturated carbocycles. The van der Waals surface area contributed by atoms with Crippen LogP contribution in [0.15, 0.2) is 36.5 Å². The van der Waals surface area contributed by atoms with E-state index >= 15 is 0 Å². The van der Waals surface area contributed by atoms with Crippen molar-refractivity contribution >= 4 is 5.91 Å². The maximum absolute atomic E-state index is 13.0. The first-order valence-corrected chi connectivity index (χ1v) is 27.7. The smallest absolute Gasteiger partial charge is 0.220 e. The molecule has 0 bridgehead atoms. The van der Waals surface area contributed by atoms with Gasteiger partial charge < -0.3 is 40.3 Å². The van der Waals surface area contributed by atoms with Gasteiger partial charge in [-0.1, -0.05) is 230 Å². The van der Waals surface area contributed by atoms with Crippen LogP contribution in [-0.4, -0.2) is 87.5 Å². The third kappa shape index (κ3) is 36.1. The second kappa shape index (κ2) is 46.2. The first-order chi connectivity index (χ1) is 31.8. The van der Waals surface area contributed by atoms with Gasteiger partial charge in [0.1, 0.15) is 24.4 Å². The van der Waals surface area contributed by atoms with Crippen LogP contribution in [0, 0.1) is 0 Å². The minimum absolute atomic E-state index is 0.185. The molecule has 65 heavy (non-hydrogen) atoms. The number of amides is 1. The summed E-state index contributed by atoms with van der Waals surface area (Å²) in [5.41, 5.74) is 0. The maximum Gasteiger partial charge on any atom is 0.220 e. The molecule has 0 aromatic heterocycles. The summed E-state index contributed by atoms with van der Waals surface area (Å²) in [4.78, 5) is 13.0. The summed E-state index contributed by atoms with van der Waals surface area (Å²) < 4.78 is 11.2. The molecule has 7 unspecified atom stereocenters. The second-order valence-corrected chi connectivity index (χ2v) is 19.4. The molecule has 6 N–H and O–H groups in total. The van der Waals surface area contributed by atoms with E-state index in [-0.39, 0.29) is 12.5 Å². The van der Waals surface area contributed by atoms with E-state index < -0.39 is 49.5 Å². The number of aliphatic hydroxyl groups excluding tert-OH is 5. The Hall–Kier alpha value is -1.59. The van der Waals surface area contributed by atoms with Crippen LogP contribution >= 0.6 is 0 Å². The predicted molar refractivity (Wildman–Crippen MR) is 272 cm³/mol. The number of rotatable bonds is 47. The zero-order valence-corrected chi connectivity index (χ0v) is 42.3. The molecule has 1 rings (SSSR count). The zero-order chi connectivity index (χ0) is 47.3. The molecule has 1 aliphatic rings. The van der Waals surface area contributed by atoms with Gasteiger partial charge in [-0.2, -0.15) is 0 Å². The van der Waals surface area contributed by atoms with Crippen molar-refractivity contribution in [2.75, 3.05) is 13.2 Å². The minimum Gasteiger partial charge on any atom is -0.394 e. The summed E-state index contributed by atoms with van der Waals surface area (Å²) in [5.74, 6) is -0.185. The van der Waals surface area contributed by atoms with Crippen molar-refractivity contribution < 1.29 is 39.8 Å². The number of aliphatic hydroxyl groups is 5. The number of nitrogens with one attached hydrogen (secondary N) is 1. The standard InChI is InChI=1S/C56H105NO8/c1-3-5-7-9-11-13-15-17-19-21-23-24-25-26-28-30-32-34-36-38-40-42-44-46-52(60)57-49(48-64-56-55(63)54(62)53(61)51(47-58)65-56)50(59)45-43-41-39-37-35-33-31-29-27-22-20-18-16-14-12-10-8-6-4-2/h21,23,35,37,43,45,49-51,53-56,58-59,61-63H,3-20,22,24-34,36,38-42,44,46-48H2,1-2H3,(H,57,60)/b23-21-,37-35+,45-43+. The molecule has 382 valence electrons. The van der Waals surface area contributed by atoms with Crippen LogP contribution in [0.4, 0.5) is 0 Å². The van der Waals surface area contributed by atoms with Gasteiger partial charge in [-0.25, -0.2) is 0 Å². The summed E-state index contributed by atoms with van der Waals surface area (Å²) >= 11 is 0. The van der Waals surface area contributed by atoms with Crippen LogP contribution < -0.4 is 5.32 Å². The zero-order valence-electron chi connectivity index (χ0n) is 42.3. The Bertz CT molecular complexity index is 1110. The lowest BCUT2D eigenvalue weighted by molar-refractivity contribution is -0.302. The molecule has 0 aliphatic carbocycles. The number of carbonyl (C=O) groups is 1. The van der Waals surface area contributed by atoms with Crippen molar-refractivity contribution in [1.29, 1.82) is 0 Å². The molecule has 0 aromatic rings. The van der Waals surface area contributed by atoms with Crippen molar-refractivity contribution in [1.82, 2.24) is 5.32 Å². The quantitative estimate of drug-likeness (QED) is 0.0261. The number of hydrogen-bond acceptors (Lipinski definition) is 8. The van der Waals surface area contributed by atoms with Gasteiger partial charge in [0.05, 0.1) is 25.4 Å². The third-order valence-electron chi connectivity index (χ3n) is 13.2. The third-order valence-corrected chi connectivity index (χ3v) is 13.2. The Morgan fingerprint density at radius 3 is 1.29 bits per heavy atom. The lowest BCUT2D eigenvalue weighted by atomic mass is 9.99. The van der Waals surface area contributed by atoms with Gasteiger partial charge in [-0.15, -0.1) is 0 Å². The summed E-state index contributed by atoms with van der Waals surface area (Å²) in [6.07, 6.45) is 52.0. The van der Waals surface area contributed by atoms with Crippen LogP contribution in [0.5, 0.6) is 0 Å². The van der Waals surface area contributed by atoms with Crippen molar-refractivity contribution in [3.05, 3.63) is 36.5 Å². The summed E-state index contributed by atoms with van der Waals surface area (Å²) in [6.45, 7) is 3.78. The summed E-state index contributed by atoms with van der Waals surface area (Å²) in [7, 11) is 0. The van der Waals surface area contributed by atoms with E-state index in [4.69, 9.17) is 9.47 Å². The highest BCUT2D eigenvalue weighted by molar-refractivity contribution is 5.76. The van der Waals surface area contributed by atoms with E-state index in [2.05, 4.69) is 43.5 Å². The van der Waals surface area contributed by atoms with E-state index in [1.165, 1.54) is 199 Å². The number of ether oxygens (including phenoxy) is 2. The predicted octanol–water partition coefficient (Wildman–Crippen LogP) is 13.2. The van der Waals surface area contributed by atoms with Gasteiger partial charge in [-0.3, -0.25) is 4.79 Å². The van der Waals surface area contributed by atoms with E-state index in [1.54, 1.807) is 6.08 Å². The molecular formula is C56H105NO8. The fourth-order valence-corrected chi connectivity index (χ4v) is 8.76. The average molecular weight is 920 g/mol. The lowest BCUT2D eigenvalue weighted by Gasteiger charge is -2.40. The van der Waals surface area contributed by atoms with Gasteiger partial charge in [0, 0.05) is 6.42 Å². The van der Waals surface area contributed by atoms with Gasteiger partial charge >= 0.3 is 0 Å². The Morgan fingerprint density at radius 1 is 0.508 bits per heavy atom. The van der Waals surface area contributed by atoms with Crippen LogP contribution in [0.25, 0.3) is 0 Å². The normalized spacial score (nSPS) is 20.1. The number of carbonyl (C=O) groups excluding carboxylic acids is 1. The van der Waals surface area contributed by atoms with E-state index in [9.17, 15) is 30.3 Å². The molecular weight excluding hydrogens is 815 g/mol. The number of unbranched alkanes of at least 4 members (excludes halogenated alkanes) is 33. The molecule has 0 radical (unpaired) electrons. The molecule has 0 spiro atoms. The van der Waals surface area contributed by atoms with Crippen molar-refractivity contribution in [2.24, 2.45) is 0 Å². The molecule has 9 heteroatoms. The van der Waals surface area contributed by atoms with E-state index in [0.29, 0.717) is 6.42 Å². The van der Waals surface area contributed by atoms with E-state index in [1.807, 2.05) is 6.08 Å². The summed E-state index contributed by atoms with van der Waals surface area (Å²) in [5, 5.41) is 54.4. The van der Waals surface area contributed by atoms with Gasteiger partial charge in [-0.05, 0) is 57.8 Å². The van der Waals surface area contributed by atoms with Crippen molar-refractivity contribution in [3.8, 4) is 0 Å². The second-order valence-electron chi connectivity index (χ2n) is 19.4. The highest BCUT2D eigenvalue weighted by atomic mass is 16.7. The van der Waals surface area contributed by atoms with Crippen LogP contribution in [0.2, 0.25) is 0 Å². The Morgan fingerprint density at radius 2 is 0.877 bits per heavy atom. The van der Waals surface area contributed by atoms with Gasteiger partial charge in [0.2, 0.25) is 5.91 Å². The van der Waals surface area contributed by atoms with Gasteiger partial charge in [0.15, 0.2) is 6.29 Å². The molecule has 1 amide bonds. The molecule has 1 fully saturated rings. The highest BCUT2D eigenvalue weighted by Gasteiger charge is 2.44. The fraction of sp³-hybridized carbons (Fsp3) is 0.875. The first kappa shape index (κ1) is 61.4. The number of allylic oxidation sites excluding steroid dienone is 5. The van der Waals surface area contributed by atoms with Crippen molar-refractivity contribution in [3.63, 3.8) is 0 Å². The minimum atomic E-state index is -1.57. The molecule has 0 aromatic carbocycles. The Labute approximate surface area is 400 Å². The molecule has 1 saturated heterocycles. The summed E-state index contributed by atoms with van der Waals surface area (Å²) in [6, 6.07) is -0.821. The first-order valence-electron chi connectivity index (χ1n) is 27.7. The molecule has 1 heterocycles.